The molecule has 1 aromatic carbocycles. The number of hydrogen-bond donors (Lipinski definition) is 0. The van der Waals surface area contributed by atoms with Crippen molar-refractivity contribution in [3.05, 3.63) is 35.4 Å². The Morgan fingerprint density at radius 3 is 2.79 bits per heavy atom. The van der Waals surface area contributed by atoms with Crippen LogP contribution in [0.15, 0.2) is 24.3 Å². The highest BCUT2D eigenvalue weighted by atomic mass is 14.2. The first kappa shape index (κ1) is 9.76. The van der Waals surface area contributed by atoms with Gasteiger partial charge < -0.3 is 0 Å². The Hall–Kier alpha value is -0.780. The quantitative estimate of drug-likeness (QED) is 0.616. The lowest BCUT2D eigenvalue weighted by Gasteiger charge is -2.27. The predicted octanol–water partition coefficient (Wildman–Crippen LogP) is 4.29. The lowest BCUT2D eigenvalue weighted by Crippen LogP contribution is -2.11. The zero-order chi connectivity index (χ0) is 9.97. The van der Waals surface area contributed by atoms with E-state index in [0.29, 0.717) is 0 Å². The lowest BCUT2D eigenvalue weighted by molar-refractivity contribution is 0.344. The summed E-state index contributed by atoms with van der Waals surface area (Å²) < 4.78 is 0. The first-order valence-corrected chi connectivity index (χ1v) is 5.82. The van der Waals surface area contributed by atoms with Gasteiger partial charge in [-0.3, -0.25) is 0 Å². The smallest absolute Gasteiger partial charge is 0.0159 e. The molecular weight excluding hydrogens is 168 g/mol. The summed E-state index contributed by atoms with van der Waals surface area (Å²) in [7, 11) is 0. The van der Waals surface area contributed by atoms with Crippen LogP contribution in [0.1, 0.15) is 49.7 Å². The van der Waals surface area contributed by atoms with E-state index in [9.17, 15) is 0 Å². The van der Waals surface area contributed by atoms with Crippen LogP contribution in [0.4, 0.5) is 0 Å². The summed E-state index contributed by atoms with van der Waals surface area (Å²) in [4.78, 5) is 0. The zero-order valence-corrected chi connectivity index (χ0v) is 9.29. The molecule has 1 fully saturated rings. The van der Waals surface area contributed by atoms with Gasteiger partial charge in [0.15, 0.2) is 0 Å². The zero-order valence-electron chi connectivity index (χ0n) is 9.29. The molecule has 0 aliphatic heterocycles. The third kappa shape index (κ3) is 2.17. The van der Waals surface area contributed by atoms with Gasteiger partial charge in [-0.2, -0.15) is 0 Å². The standard InChI is InChI=1S/C14H20/c1-11-5-3-7-13(9-11)14-8-4-6-12(2)10-14/h3,5,7,9,12,14H,4,6,8,10H2,1-2H3. The third-order valence-electron chi connectivity index (χ3n) is 3.45. The van der Waals surface area contributed by atoms with E-state index in [2.05, 4.69) is 38.1 Å². The summed E-state index contributed by atoms with van der Waals surface area (Å²) in [6, 6.07) is 9.05. The van der Waals surface area contributed by atoms with E-state index in [4.69, 9.17) is 0 Å². The monoisotopic (exact) mass is 188 g/mol. The molecule has 2 atom stereocenters. The van der Waals surface area contributed by atoms with Crippen molar-refractivity contribution in [2.75, 3.05) is 0 Å². The minimum Gasteiger partial charge on any atom is -0.0625 e. The molecular formula is C14H20. The third-order valence-corrected chi connectivity index (χ3v) is 3.45. The van der Waals surface area contributed by atoms with Gasteiger partial charge in [-0.15, -0.1) is 0 Å². The molecule has 76 valence electrons. The molecule has 0 heterocycles. The molecule has 1 aliphatic carbocycles. The number of benzene rings is 1. The molecule has 1 aromatic rings. The van der Waals surface area contributed by atoms with Crippen LogP contribution in [0, 0.1) is 12.8 Å². The predicted molar refractivity (Wildman–Crippen MR) is 61.6 cm³/mol. The largest absolute Gasteiger partial charge is 0.0625 e. The Morgan fingerprint density at radius 1 is 1.21 bits per heavy atom. The minimum absolute atomic E-state index is 0.832. The molecule has 2 unspecified atom stereocenters. The van der Waals surface area contributed by atoms with Gasteiger partial charge in [0.25, 0.3) is 0 Å². The minimum atomic E-state index is 0.832. The van der Waals surface area contributed by atoms with Gasteiger partial charge in [0, 0.05) is 0 Å². The van der Waals surface area contributed by atoms with Gasteiger partial charge in [0.05, 0.1) is 0 Å². The summed E-state index contributed by atoms with van der Waals surface area (Å²) in [5.74, 6) is 1.76. The second-order valence-electron chi connectivity index (χ2n) is 4.88. The molecule has 2 rings (SSSR count). The van der Waals surface area contributed by atoms with Gasteiger partial charge in [-0.05, 0) is 37.2 Å². The number of rotatable bonds is 1. The summed E-state index contributed by atoms with van der Waals surface area (Å²) in [6.07, 6.45) is 5.64. The van der Waals surface area contributed by atoms with E-state index < -0.39 is 0 Å². The van der Waals surface area contributed by atoms with Crippen molar-refractivity contribution in [1.82, 2.24) is 0 Å². The number of hydrogen-bond acceptors (Lipinski definition) is 0. The highest BCUT2D eigenvalue weighted by Crippen LogP contribution is 2.35. The van der Waals surface area contributed by atoms with E-state index in [1.54, 1.807) is 5.56 Å². The average molecular weight is 188 g/mol. The second kappa shape index (κ2) is 4.16. The van der Waals surface area contributed by atoms with Gasteiger partial charge in [-0.1, -0.05) is 49.6 Å². The summed E-state index contributed by atoms with van der Waals surface area (Å²) in [6.45, 7) is 4.58. The average Bonchev–Trinajstić information content (AvgIpc) is 2.18. The Morgan fingerprint density at radius 2 is 2.07 bits per heavy atom. The topological polar surface area (TPSA) is 0 Å². The molecule has 0 nitrogen and oxygen atoms in total. The van der Waals surface area contributed by atoms with Crippen molar-refractivity contribution in [2.45, 2.75) is 45.4 Å². The van der Waals surface area contributed by atoms with Crippen LogP contribution in [0.3, 0.4) is 0 Å². The molecule has 0 N–H and O–H groups in total. The van der Waals surface area contributed by atoms with E-state index >= 15 is 0 Å². The van der Waals surface area contributed by atoms with Crippen LogP contribution in [-0.4, -0.2) is 0 Å². The van der Waals surface area contributed by atoms with Crippen LogP contribution < -0.4 is 0 Å². The van der Waals surface area contributed by atoms with E-state index in [1.807, 2.05) is 0 Å². The fourth-order valence-electron chi connectivity index (χ4n) is 2.66. The van der Waals surface area contributed by atoms with E-state index in [1.165, 1.54) is 31.2 Å². The van der Waals surface area contributed by atoms with E-state index in [0.717, 1.165) is 11.8 Å². The molecule has 0 radical (unpaired) electrons. The lowest BCUT2D eigenvalue weighted by atomic mass is 9.78. The fraction of sp³-hybridized carbons (Fsp3) is 0.571. The maximum Gasteiger partial charge on any atom is -0.0159 e. The van der Waals surface area contributed by atoms with Crippen LogP contribution in [0.25, 0.3) is 0 Å². The fourth-order valence-corrected chi connectivity index (χ4v) is 2.66. The van der Waals surface area contributed by atoms with Crippen molar-refractivity contribution in [3.8, 4) is 0 Å². The van der Waals surface area contributed by atoms with Gasteiger partial charge in [0.1, 0.15) is 0 Å². The van der Waals surface area contributed by atoms with Gasteiger partial charge in [-0.25, -0.2) is 0 Å². The summed E-state index contributed by atoms with van der Waals surface area (Å²) >= 11 is 0. The first-order chi connectivity index (χ1) is 6.75. The SMILES string of the molecule is Cc1cccc(C2CCCC(C)C2)c1. The molecule has 0 aromatic heterocycles. The molecule has 0 heteroatoms. The number of aryl methyl sites for hydroxylation is 1. The Kier molecular flexibility index (Phi) is 2.90. The van der Waals surface area contributed by atoms with Crippen LogP contribution in [0.2, 0.25) is 0 Å². The summed E-state index contributed by atoms with van der Waals surface area (Å²) in [5.41, 5.74) is 2.97. The Labute approximate surface area is 87.3 Å². The molecule has 14 heavy (non-hydrogen) atoms. The summed E-state index contributed by atoms with van der Waals surface area (Å²) in [5, 5.41) is 0. The Balaban J connectivity index is 2.14. The second-order valence-corrected chi connectivity index (χ2v) is 4.88. The normalized spacial score (nSPS) is 27.6. The van der Waals surface area contributed by atoms with Crippen LogP contribution >= 0.6 is 0 Å². The Bertz CT molecular complexity index is 301. The van der Waals surface area contributed by atoms with Crippen LogP contribution in [-0.2, 0) is 0 Å². The van der Waals surface area contributed by atoms with Crippen molar-refractivity contribution in [2.24, 2.45) is 5.92 Å². The van der Waals surface area contributed by atoms with Crippen molar-refractivity contribution in [3.63, 3.8) is 0 Å². The highest BCUT2D eigenvalue weighted by molar-refractivity contribution is 5.25. The maximum atomic E-state index is 2.39. The van der Waals surface area contributed by atoms with Crippen molar-refractivity contribution in [1.29, 1.82) is 0 Å². The molecule has 1 saturated carbocycles. The molecule has 0 saturated heterocycles. The maximum absolute atomic E-state index is 2.39. The van der Waals surface area contributed by atoms with Gasteiger partial charge in [0.2, 0.25) is 0 Å². The van der Waals surface area contributed by atoms with Crippen LogP contribution in [0.5, 0.6) is 0 Å². The van der Waals surface area contributed by atoms with Gasteiger partial charge >= 0.3 is 0 Å². The van der Waals surface area contributed by atoms with E-state index in [-0.39, 0.29) is 0 Å². The molecule has 0 amide bonds. The first-order valence-electron chi connectivity index (χ1n) is 5.82. The van der Waals surface area contributed by atoms with Crippen molar-refractivity contribution < 1.29 is 0 Å². The molecule has 0 spiro atoms. The van der Waals surface area contributed by atoms with Crippen molar-refractivity contribution >= 4 is 0 Å². The molecule has 1 aliphatic rings. The molecule has 0 bridgehead atoms. The highest BCUT2D eigenvalue weighted by Gasteiger charge is 2.19.